The van der Waals surface area contributed by atoms with Gasteiger partial charge < -0.3 is 14.5 Å². The summed E-state index contributed by atoms with van der Waals surface area (Å²) >= 11 is 1.65. The summed E-state index contributed by atoms with van der Waals surface area (Å²) < 4.78 is 11.0. The quantitative estimate of drug-likeness (QED) is 0.747. The highest BCUT2D eigenvalue weighted by atomic mass is 32.1. The second kappa shape index (κ2) is 6.77. The van der Waals surface area contributed by atoms with Gasteiger partial charge in [-0.3, -0.25) is 0 Å². The summed E-state index contributed by atoms with van der Waals surface area (Å²) in [5.41, 5.74) is 1.14. The number of aromatic nitrogens is 1. The van der Waals surface area contributed by atoms with Crippen LogP contribution in [0, 0.1) is 6.92 Å². The van der Waals surface area contributed by atoms with Crippen LogP contribution in [-0.2, 0) is 13.1 Å². The van der Waals surface area contributed by atoms with Crippen molar-refractivity contribution in [1.29, 1.82) is 0 Å². The first-order chi connectivity index (χ1) is 10.8. The molecule has 0 spiro atoms. The third-order valence-electron chi connectivity index (χ3n) is 3.32. The number of hydrogen-bond donors (Lipinski definition) is 1. The van der Waals surface area contributed by atoms with Crippen molar-refractivity contribution in [3.8, 4) is 16.4 Å². The molecule has 0 amide bonds. The van der Waals surface area contributed by atoms with Crippen molar-refractivity contribution in [3.05, 3.63) is 58.9 Å². The molecule has 0 aliphatic heterocycles. The van der Waals surface area contributed by atoms with Crippen LogP contribution in [0.1, 0.15) is 16.3 Å². The first kappa shape index (κ1) is 14.8. The Kier molecular flexibility index (Phi) is 4.56. The van der Waals surface area contributed by atoms with E-state index in [2.05, 4.69) is 16.4 Å². The zero-order valence-electron chi connectivity index (χ0n) is 12.6. The van der Waals surface area contributed by atoms with Crippen molar-refractivity contribution >= 4 is 11.3 Å². The zero-order valence-corrected chi connectivity index (χ0v) is 13.4. The Hall–Kier alpha value is -2.11. The molecule has 0 atom stereocenters. The van der Waals surface area contributed by atoms with E-state index in [9.17, 15) is 0 Å². The van der Waals surface area contributed by atoms with Gasteiger partial charge in [-0.15, -0.1) is 11.3 Å². The molecule has 0 radical (unpaired) electrons. The predicted octanol–water partition coefficient (Wildman–Crippen LogP) is 4.01. The lowest BCUT2D eigenvalue weighted by Crippen LogP contribution is -2.13. The topological polar surface area (TPSA) is 47.3 Å². The lowest BCUT2D eigenvalue weighted by molar-refractivity contribution is 0.407. The van der Waals surface area contributed by atoms with Crippen molar-refractivity contribution in [2.75, 3.05) is 7.11 Å². The summed E-state index contributed by atoms with van der Waals surface area (Å²) in [5.74, 6) is 2.70. The summed E-state index contributed by atoms with van der Waals surface area (Å²) in [6, 6.07) is 12.0. The fraction of sp³-hybridized carbons (Fsp3) is 0.235. The summed E-state index contributed by atoms with van der Waals surface area (Å²) in [5, 5.41) is 4.44. The molecule has 3 rings (SSSR count). The summed E-state index contributed by atoms with van der Waals surface area (Å²) in [6.45, 7) is 3.42. The van der Waals surface area contributed by atoms with Crippen LogP contribution >= 0.6 is 11.3 Å². The highest BCUT2D eigenvalue weighted by Gasteiger charge is 2.08. The van der Waals surface area contributed by atoms with E-state index in [-0.39, 0.29) is 0 Å². The van der Waals surface area contributed by atoms with Gasteiger partial charge in [-0.05, 0) is 25.1 Å². The minimum atomic E-state index is 0.725. The average molecular weight is 314 g/mol. The van der Waals surface area contributed by atoms with Crippen LogP contribution in [0.15, 0.2) is 47.0 Å². The first-order valence-electron chi connectivity index (χ1n) is 7.10. The van der Waals surface area contributed by atoms with Crippen LogP contribution in [-0.4, -0.2) is 12.1 Å². The largest absolute Gasteiger partial charge is 0.496 e. The number of nitrogens with zero attached hydrogens (tertiary/aromatic N) is 1. The minimum absolute atomic E-state index is 0.725. The Morgan fingerprint density at radius 2 is 2.05 bits per heavy atom. The molecule has 0 saturated carbocycles. The van der Waals surface area contributed by atoms with E-state index in [1.165, 1.54) is 0 Å². The fourth-order valence-electron chi connectivity index (χ4n) is 2.23. The number of thiazole rings is 1. The maximum Gasteiger partial charge on any atom is 0.145 e. The molecule has 114 valence electrons. The summed E-state index contributed by atoms with van der Waals surface area (Å²) in [4.78, 5) is 5.50. The first-order valence-corrected chi connectivity index (χ1v) is 7.92. The van der Waals surface area contributed by atoms with Crippen LogP contribution < -0.4 is 10.1 Å². The maximum atomic E-state index is 5.62. The van der Waals surface area contributed by atoms with Gasteiger partial charge in [0.15, 0.2) is 0 Å². The van der Waals surface area contributed by atoms with Crippen molar-refractivity contribution in [2.45, 2.75) is 20.0 Å². The number of nitrogens with one attached hydrogen (secondary N) is 1. The standard InChI is InChI=1S/C17H18N2O2S/c1-12-7-8-15(21-12)16-10-19-17(22-16)11-18-9-13-5-3-4-6-14(13)20-2/h3-8,10,18H,9,11H2,1-2H3. The SMILES string of the molecule is COc1ccccc1CNCc1ncc(-c2ccc(C)o2)s1. The summed E-state index contributed by atoms with van der Waals surface area (Å²) in [7, 11) is 1.69. The Morgan fingerprint density at radius 1 is 1.18 bits per heavy atom. The number of rotatable bonds is 6. The molecule has 3 aromatic rings. The molecular weight excluding hydrogens is 296 g/mol. The van der Waals surface area contributed by atoms with E-state index in [1.54, 1.807) is 18.4 Å². The van der Waals surface area contributed by atoms with Gasteiger partial charge in [-0.1, -0.05) is 18.2 Å². The third-order valence-corrected chi connectivity index (χ3v) is 4.33. The summed E-state index contributed by atoms with van der Waals surface area (Å²) in [6.07, 6.45) is 1.86. The van der Waals surface area contributed by atoms with Gasteiger partial charge >= 0.3 is 0 Å². The monoisotopic (exact) mass is 314 g/mol. The molecule has 1 aromatic carbocycles. The molecule has 0 bridgehead atoms. The average Bonchev–Trinajstić information content (AvgIpc) is 3.17. The number of furan rings is 1. The Bertz CT molecular complexity index is 748. The second-order valence-corrected chi connectivity index (χ2v) is 6.06. The molecule has 0 unspecified atom stereocenters. The number of methoxy groups -OCH3 is 1. The Labute approximate surface area is 133 Å². The van der Waals surface area contributed by atoms with Gasteiger partial charge in [0.05, 0.1) is 12.0 Å². The molecule has 2 heterocycles. The molecular formula is C17H18N2O2S. The van der Waals surface area contributed by atoms with Crippen LogP contribution in [0.4, 0.5) is 0 Å². The van der Waals surface area contributed by atoms with Crippen LogP contribution in [0.5, 0.6) is 5.75 Å². The van der Waals surface area contributed by atoms with Crippen LogP contribution in [0.25, 0.3) is 10.6 Å². The smallest absolute Gasteiger partial charge is 0.145 e. The molecule has 5 heteroatoms. The van der Waals surface area contributed by atoms with E-state index in [1.807, 2.05) is 43.5 Å². The van der Waals surface area contributed by atoms with Crippen molar-refractivity contribution < 1.29 is 9.15 Å². The molecule has 0 aliphatic rings. The van der Waals surface area contributed by atoms with Crippen LogP contribution in [0.3, 0.4) is 0 Å². The predicted molar refractivity (Wildman–Crippen MR) is 88.1 cm³/mol. The number of benzene rings is 1. The van der Waals surface area contributed by atoms with E-state index in [0.29, 0.717) is 0 Å². The molecule has 4 nitrogen and oxygen atoms in total. The minimum Gasteiger partial charge on any atom is -0.496 e. The van der Waals surface area contributed by atoms with Gasteiger partial charge in [0.1, 0.15) is 22.3 Å². The second-order valence-electron chi connectivity index (χ2n) is 4.94. The molecule has 22 heavy (non-hydrogen) atoms. The van der Waals surface area contributed by atoms with E-state index < -0.39 is 0 Å². The van der Waals surface area contributed by atoms with E-state index in [0.717, 1.165) is 45.8 Å². The van der Waals surface area contributed by atoms with Crippen LogP contribution in [0.2, 0.25) is 0 Å². The molecule has 2 aromatic heterocycles. The number of hydrogen-bond acceptors (Lipinski definition) is 5. The lowest BCUT2D eigenvalue weighted by Gasteiger charge is -2.08. The zero-order chi connectivity index (χ0) is 15.4. The van der Waals surface area contributed by atoms with E-state index in [4.69, 9.17) is 9.15 Å². The number of ether oxygens (including phenoxy) is 1. The molecule has 0 fully saturated rings. The van der Waals surface area contributed by atoms with Crippen molar-refractivity contribution in [1.82, 2.24) is 10.3 Å². The normalized spacial score (nSPS) is 10.8. The van der Waals surface area contributed by atoms with Crippen molar-refractivity contribution in [3.63, 3.8) is 0 Å². The van der Waals surface area contributed by atoms with Gasteiger partial charge in [-0.25, -0.2) is 4.98 Å². The van der Waals surface area contributed by atoms with Gasteiger partial charge in [0.25, 0.3) is 0 Å². The molecule has 0 saturated heterocycles. The van der Waals surface area contributed by atoms with Gasteiger partial charge in [0.2, 0.25) is 0 Å². The van der Waals surface area contributed by atoms with Gasteiger partial charge in [-0.2, -0.15) is 0 Å². The number of aryl methyl sites for hydroxylation is 1. The third kappa shape index (κ3) is 3.37. The molecule has 1 N–H and O–H groups in total. The van der Waals surface area contributed by atoms with Gasteiger partial charge in [0, 0.05) is 24.8 Å². The number of para-hydroxylation sites is 1. The highest BCUT2D eigenvalue weighted by molar-refractivity contribution is 7.15. The Morgan fingerprint density at radius 3 is 2.82 bits per heavy atom. The molecule has 0 aliphatic carbocycles. The van der Waals surface area contributed by atoms with E-state index >= 15 is 0 Å². The highest BCUT2D eigenvalue weighted by Crippen LogP contribution is 2.27. The van der Waals surface area contributed by atoms with Crippen molar-refractivity contribution in [2.24, 2.45) is 0 Å². The maximum absolute atomic E-state index is 5.62. The lowest BCUT2D eigenvalue weighted by atomic mass is 10.2. The fourth-order valence-corrected chi connectivity index (χ4v) is 3.08. The Balaban J connectivity index is 1.59.